The number of hydrogen-bond acceptors (Lipinski definition) is 1. The van der Waals surface area contributed by atoms with Gasteiger partial charge in [0.15, 0.2) is 0 Å². The Balaban J connectivity index is 2.08. The Morgan fingerprint density at radius 1 is 1.15 bits per heavy atom. The SMILES string of the molecule is Cc1cccc(NC(=O)C=Cc2cccc(Cl)c2)c1C. The van der Waals surface area contributed by atoms with Crippen molar-refractivity contribution >= 4 is 29.3 Å². The molecule has 0 aliphatic rings. The lowest BCUT2D eigenvalue weighted by Crippen LogP contribution is -2.09. The van der Waals surface area contributed by atoms with Crippen LogP contribution in [0.15, 0.2) is 48.5 Å². The molecule has 0 atom stereocenters. The van der Waals surface area contributed by atoms with Crippen molar-refractivity contribution in [3.63, 3.8) is 0 Å². The van der Waals surface area contributed by atoms with Crippen LogP contribution < -0.4 is 5.32 Å². The van der Waals surface area contributed by atoms with Gasteiger partial charge in [-0.1, -0.05) is 35.9 Å². The van der Waals surface area contributed by atoms with Gasteiger partial charge in [0.1, 0.15) is 0 Å². The van der Waals surface area contributed by atoms with Gasteiger partial charge in [0.2, 0.25) is 5.91 Å². The standard InChI is InChI=1S/C17H16ClNO/c1-12-5-3-8-16(13(12)2)19-17(20)10-9-14-6-4-7-15(18)11-14/h3-11H,1-2H3,(H,19,20). The zero-order chi connectivity index (χ0) is 14.5. The predicted molar refractivity (Wildman–Crippen MR) is 85.0 cm³/mol. The second-order valence-electron chi connectivity index (χ2n) is 4.63. The Bertz CT molecular complexity index is 662. The molecule has 0 radical (unpaired) electrons. The molecule has 1 amide bonds. The molecule has 102 valence electrons. The largest absolute Gasteiger partial charge is 0.322 e. The molecule has 2 nitrogen and oxygen atoms in total. The molecule has 2 aromatic carbocycles. The first-order valence-electron chi connectivity index (χ1n) is 6.37. The minimum Gasteiger partial charge on any atom is -0.322 e. The summed E-state index contributed by atoms with van der Waals surface area (Å²) in [5.41, 5.74) is 3.97. The number of hydrogen-bond donors (Lipinski definition) is 1. The van der Waals surface area contributed by atoms with Crippen LogP contribution in [-0.2, 0) is 4.79 Å². The lowest BCUT2D eigenvalue weighted by Gasteiger charge is -2.08. The van der Waals surface area contributed by atoms with Crippen LogP contribution in [0, 0.1) is 13.8 Å². The van der Waals surface area contributed by atoms with Crippen molar-refractivity contribution in [3.05, 3.63) is 70.3 Å². The molecule has 0 heterocycles. The quantitative estimate of drug-likeness (QED) is 0.820. The molecule has 0 aliphatic heterocycles. The molecule has 1 N–H and O–H groups in total. The van der Waals surface area contributed by atoms with Crippen LogP contribution >= 0.6 is 11.6 Å². The van der Waals surface area contributed by atoms with Gasteiger partial charge >= 0.3 is 0 Å². The molecule has 2 rings (SSSR count). The van der Waals surface area contributed by atoms with Crippen LogP contribution in [0.3, 0.4) is 0 Å². The average Bonchev–Trinajstić information content (AvgIpc) is 2.42. The van der Waals surface area contributed by atoms with Gasteiger partial charge < -0.3 is 5.32 Å². The van der Waals surface area contributed by atoms with Crippen molar-refractivity contribution < 1.29 is 4.79 Å². The van der Waals surface area contributed by atoms with Gasteiger partial charge in [0, 0.05) is 16.8 Å². The Morgan fingerprint density at radius 2 is 1.90 bits per heavy atom. The number of halogens is 1. The van der Waals surface area contributed by atoms with E-state index in [0.717, 1.165) is 22.4 Å². The summed E-state index contributed by atoms with van der Waals surface area (Å²) in [6.45, 7) is 4.01. The van der Waals surface area contributed by atoms with Crippen molar-refractivity contribution in [2.45, 2.75) is 13.8 Å². The van der Waals surface area contributed by atoms with E-state index in [1.807, 2.05) is 50.2 Å². The smallest absolute Gasteiger partial charge is 0.248 e. The predicted octanol–water partition coefficient (Wildman–Crippen LogP) is 4.61. The fraction of sp³-hybridized carbons (Fsp3) is 0.118. The lowest BCUT2D eigenvalue weighted by atomic mass is 10.1. The van der Waals surface area contributed by atoms with Crippen LogP contribution in [0.25, 0.3) is 6.08 Å². The highest BCUT2D eigenvalue weighted by molar-refractivity contribution is 6.30. The molecule has 0 aromatic heterocycles. The first-order chi connectivity index (χ1) is 9.56. The number of aryl methyl sites for hydroxylation is 1. The fourth-order valence-electron chi connectivity index (χ4n) is 1.84. The van der Waals surface area contributed by atoms with Gasteiger partial charge in [0.05, 0.1) is 0 Å². The summed E-state index contributed by atoms with van der Waals surface area (Å²) in [7, 11) is 0. The Morgan fingerprint density at radius 3 is 2.65 bits per heavy atom. The third-order valence-electron chi connectivity index (χ3n) is 3.14. The monoisotopic (exact) mass is 285 g/mol. The van der Waals surface area contributed by atoms with E-state index in [-0.39, 0.29) is 5.91 Å². The number of carbonyl (C=O) groups is 1. The molecule has 0 saturated carbocycles. The number of rotatable bonds is 3. The molecule has 3 heteroatoms. The van der Waals surface area contributed by atoms with E-state index < -0.39 is 0 Å². The third kappa shape index (κ3) is 3.72. The highest BCUT2D eigenvalue weighted by Crippen LogP contribution is 2.18. The van der Waals surface area contributed by atoms with E-state index in [1.54, 1.807) is 12.1 Å². The van der Waals surface area contributed by atoms with Gasteiger partial charge in [0.25, 0.3) is 0 Å². The molecule has 0 saturated heterocycles. The van der Waals surface area contributed by atoms with Crippen molar-refractivity contribution in [1.29, 1.82) is 0 Å². The highest BCUT2D eigenvalue weighted by atomic mass is 35.5. The summed E-state index contributed by atoms with van der Waals surface area (Å²) < 4.78 is 0. The molecule has 0 aliphatic carbocycles. The Labute approximate surface area is 124 Å². The van der Waals surface area contributed by atoms with E-state index in [4.69, 9.17) is 11.6 Å². The Hall–Kier alpha value is -2.06. The summed E-state index contributed by atoms with van der Waals surface area (Å²) in [5, 5.41) is 3.53. The van der Waals surface area contributed by atoms with Crippen molar-refractivity contribution in [2.75, 3.05) is 5.32 Å². The zero-order valence-corrected chi connectivity index (χ0v) is 12.2. The summed E-state index contributed by atoms with van der Waals surface area (Å²) in [6, 6.07) is 13.2. The Kier molecular flexibility index (Phi) is 4.59. The number of nitrogens with one attached hydrogen (secondary N) is 1. The second kappa shape index (κ2) is 6.40. The average molecular weight is 286 g/mol. The maximum absolute atomic E-state index is 11.9. The minimum absolute atomic E-state index is 0.154. The van der Waals surface area contributed by atoms with E-state index in [2.05, 4.69) is 5.32 Å². The van der Waals surface area contributed by atoms with Crippen LogP contribution in [0.2, 0.25) is 5.02 Å². The maximum Gasteiger partial charge on any atom is 0.248 e. The van der Waals surface area contributed by atoms with Crippen molar-refractivity contribution in [3.8, 4) is 0 Å². The van der Waals surface area contributed by atoms with Crippen LogP contribution in [-0.4, -0.2) is 5.91 Å². The highest BCUT2D eigenvalue weighted by Gasteiger charge is 2.03. The molecular formula is C17H16ClNO. The summed E-state index contributed by atoms with van der Waals surface area (Å²) >= 11 is 5.89. The number of amides is 1. The van der Waals surface area contributed by atoms with Crippen LogP contribution in [0.1, 0.15) is 16.7 Å². The van der Waals surface area contributed by atoms with E-state index in [9.17, 15) is 4.79 Å². The molecular weight excluding hydrogens is 270 g/mol. The normalized spacial score (nSPS) is 10.8. The van der Waals surface area contributed by atoms with Gasteiger partial charge in [-0.25, -0.2) is 0 Å². The maximum atomic E-state index is 11.9. The molecule has 0 bridgehead atoms. The van der Waals surface area contributed by atoms with E-state index in [0.29, 0.717) is 5.02 Å². The minimum atomic E-state index is -0.154. The van der Waals surface area contributed by atoms with Gasteiger partial charge in [-0.15, -0.1) is 0 Å². The van der Waals surface area contributed by atoms with Crippen LogP contribution in [0.5, 0.6) is 0 Å². The van der Waals surface area contributed by atoms with Crippen LogP contribution in [0.4, 0.5) is 5.69 Å². The molecule has 20 heavy (non-hydrogen) atoms. The first-order valence-corrected chi connectivity index (χ1v) is 6.75. The molecule has 0 unspecified atom stereocenters. The molecule has 2 aromatic rings. The van der Waals surface area contributed by atoms with Crippen molar-refractivity contribution in [1.82, 2.24) is 0 Å². The zero-order valence-electron chi connectivity index (χ0n) is 11.5. The third-order valence-corrected chi connectivity index (χ3v) is 3.37. The first kappa shape index (κ1) is 14.4. The summed E-state index contributed by atoms with van der Waals surface area (Å²) in [6.07, 6.45) is 3.25. The van der Waals surface area contributed by atoms with Gasteiger partial charge in [-0.3, -0.25) is 4.79 Å². The van der Waals surface area contributed by atoms with Gasteiger partial charge in [-0.2, -0.15) is 0 Å². The second-order valence-corrected chi connectivity index (χ2v) is 5.06. The summed E-state index contributed by atoms with van der Waals surface area (Å²) in [4.78, 5) is 11.9. The van der Waals surface area contributed by atoms with E-state index in [1.165, 1.54) is 6.08 Å². The number of anilines is 1. The number of carbonyl (C=O) groups excluding carboxylic acids is 1. The van der Waals surface area contributed by atoms with E-state index >= 15 is 0 Å². The fourth-order valence-corrected chi connectivity index (χ4v) is 2.04. The van der Waals surface area contributed by atoms with Gasteiger partial charge in [-0.05, 0) is 54.8 Å². The summed E-state index contributed by atoms with van der Waals surface area (Å²) in [5.74, 6) is -0.154. The number of benzene rings is 2. The topological polar surface area (TPSA) is 29.1 Å². The lowest BCUT2D eigenvalue weighted by molar-refractivity contribution is -0.111. The molecule has 0 fully saturated rings. The molecule has 0 spiro atoms. The van der Waals surface area contributed by atoms with Crippen molar-refractivity contribution in [2.24, 2.45) is 0 Å².